The van der Waals surface area contributed by atoms with E-state index in [1.165, 1.54) is 4.90 Å². The molecule has 18 heavy (non-hydrogen) atoms. The second-order valence-corrected chi connectivity index (χ2v) is 4.56. The van der Waals surface area contributed by atoms with E-state index >= 15 is 0 Å². The van der Waals surface area contributed by atoms with Crippen molar-refractivity contribution in [3.05, 3.63) is 24.0 Å². The summed E-state index contributed by atoms with van der Waals surface area (Å²) >= 11 is 0. The monoisotopic (exact) mass is 250 g/mol. The van der Waals surface area contributed by atoms with Crippen LogP contribution in [0.25, 0.3) is 0 Å². The molecule has 100 valence electrons. The van der Waals surface area contributed by atoms with Gasteiger partial charge in [0.2, 0.25) is 0 Å². The highest BCUT2D eigenvalue weighted by Gasteiger charge is 2.10. The third-order valence-corrected chi connectivity index (χ3v) is 2.61. The Morgan fingerprint density at radius 1 is 1.56 bits per heavy atom. The van der Waals surface area contributed by atoms with Crippen molar-refractivity contribution in [2.45, 2.75) is 25.8 Å². The van der Waals surface area contributed by atoms with Gasteiger partial charge in [-0.15, -0.1) is 0 Å². The molecule has 1 aromatic heterocycles. The predicted molar refractivity (Wildman–Crippen MR) is 73.6 cm³/mol. The highest BCUT2D eigenvalue weighted by molar-refractivity contribution is 5.92. The van der Waals surface area contributed by atoms with Gasteiger partial charge in [-0.3, -0.25) is 9.78 Å². The molecule has 5 nitrogen and oxygen atoms in total. The van der Waals surface area contributed by atoms with E-state index in [0.29, 0.717) is 12.2 Å². The molecule has 0 aliphatic carbocycles. The van der Waals surface area contributed by atoms with E-state index in [0.717, 1.165) is 18.5 Å². The maximum atomic E-state index is 11.7. The van der Waals surface area contributed by atoms with E-state index < -0.39 is 0 Å². The standard InChI is InChI=1S/C13H22N4O/c1-4-5-10(14)9-16-11-6-7-15-12(8-11)13(18)17(2)3/h6-8,10H,4-5,9,14H2,1-3H3,(H,15,16). The van der Waals surface area contributed by atoms with E-state index in [9.17, 15) is 4.79 Å². The van der Waals surface area contributed by atoms with Crippen molar-refractivity contribution in [3.8, 4) is 0 Å². The molecule has 1 amide bonds. The molecule has 0 fully saturated rings. The molecule has 0 spiro atoms. The molecule has 0 saturated heterocycles. The molecule has 1 rings (SSSR count). The number of rotatable bonds is 6. The molecular formula is C13H22N4O. The first-order valence-electron chi connectivity index (χ1n) is 6.21. The number of nitrogens with two attached hydrogens (primary N) is 1. The fourth-order valence-corrected chi connectivity index (χ4v) is 1.61. The molecule has 1 heterocycles. The summed E-state index contributed by atoms with van der Waals surface area (Å²) in [6.07, 6.45) is 3.69. The Hall–Kier alpha value is -1.62. The maximum Gasteiger partial charge on any atom is 0.272 e. The van der Waals surface area contributed by atoms with Gasteiger partial charge in [-0.05, 0) is 18.6 Å². The van der Waals surface area contributed by atoms with Gasteiger partial charge in [0.05, 0.1) is 0 Å². The van der Waals surface area contributed by atoms with E-state index in [1.54, 1.807) is 26.4 Å². The van der Waals surface area contributed by atoms with Gasteiger partial charge < -0.3 is 16.0 Å². The molecular weight excluding hydrogens is 228 g/mol. The van der Waals surface area contributed by atoms with Crippen LogP contribution in [-0.2, 0) is 0 Å². The quantitative estimate of drug-likeness (QED) is 0.799. The van der Waals surface area contributed by atoms with Crippen molar-refractivity contribution in [2.24, 2.45) is 5.73 Å². The second kappa shape index (κ2) is 6.96. The van der Waals surface area contributed by atoms with Crippen LogP contribution in [0.2, 0.25) is 0 Å². The zero-order valence-electron chi connectivity index (χ0n) is 11.3. The van der Waals surface area contributed by atoms with Crippen LogP contribution in [-0.4, -0.2) is 42.5 Å². The minimum absolute atomic E-state index is 0.100. The van der Waals surface area contributed by atoms with Gasteiger partial charge in [0.15, 0.2) is 0 Å². The summed E-state index contributed by atoms with van der Waals surface area (Å²) in [4.78, 5) is 17.3. The number of hydrogen-bond donors (Lipinski definition) is 2. The summed E-state index contributed by atoms with van der Waals surface area (Å²) in [6, 6.07) is 3.72. The highest BCUT2D eigenvalue weighted by atomic mass is 16.2. The van der Waals surface area contributed by atoms with Crippen LogP contribution in [0.4, 0.5) is 5.69 Å². The molecule has 1 aromatic rings. The molecule has 0 radical (unpaired) electrons. The SMILES string of the molecule is CCCC(N)CNc1ccnc(C(=O)N(C)C)c1. The predicted octanol–water partition coefficient (Wildman–Crippen LogP) is 1.32. The third-order valence-electron chi connectivity index (χ3n) is 2.61. The number of amides is 1. The van der Waals surface area contributed by atoms with Crippen molar-refractivity contribution >= 4 is 11.6 Å². The van der Waals surface area contributed by atoms with Gasteiger partial charge in [0.1, 0.15) is 5.69 Å². The largest absolute Gasteiger partial charge is 0.383 e. The molecule has 1 unspecified atom stereocenters. The van der Waals surface area contributed by atoms with Crippen LogP contribution in [0.3, 0.4) is 0 Å². The summed E-state index contributed by atoms with van der Waals surface area (Å²) in [5.41, 5.74) is 7.24. The van der Waals surface area contributed by atoms with Crippen molar-refractivity contribution in [1.29, 1.82) is 0 Å². The van der Waals surface area contributed by atoms with Crippen molar-refractivity contribution in [2.75, 3.05) is 26.0 Å². The van der Waals surface area contributed by atoms with Gasteiger partial charge in [0.25, 0.3) is 5.91 Å². The molecule has 5 heteroatoms. The Bertz CT molecular complexity index is 392. The first kappa shape index (κ1) is 14.4. The number of carbonyl (C=O) groups is 1. The lowest BCUT2D eigenvalue weighted by atomic mass is 10.2. The lowest BCUT2D eigenvalue weighted by molar-refractivity contribution is 0.0822. The number of aromatic nitrogens is 1. The highest BCUT2D eigenvalue weighted by Crippen LogP contribution is 2.09. The van der Waals surface area contributed by atoms with Crippen LogP contribution >= 0.6 is 0 Å². The van der Waals surface area contributed by atoms with E-state index in [2.05, 4.69) is 17.2 Å². The van der Waals surface area contributed by atoms with E-state index in [1.807, 2.05) is 6.07 Å². The van der Waals surface area contributed by atoms with Gasteiger partial charge in [0, 0.05) is 38.6 Å². The topological polar surface area (TPSA) is 71.2 Å². The van der Waals surface area contributed by atoms with Crippen molar-refractivity contribution in [1.82, 2.24) is 9.88 Å². The van der Waals surface area contributed by atoms with Crippen LogP contribution in [0, 0.1) is 0 Å². The summed E-state index contributed by atoms with van der Waals surface area (Å²) in [6.45, 7) is 2.81. The molecule has 1 atom stereocenters. The summed E-state index contributed by atoms with van der Waals surface area (Å²) in [7, 11) is 3.42. The van der Waals surface area contributed by atoms with Gasteiger partial charge in [-0.25, -0.2) is 0 Å². The number of nitrogens with one attached hydrogen (secondary N) is 1. The minimum Gasteiger partial charge on any atom is -0.383 e. The minimum atomic E-state index is -0.100. The molecule has 0 saturated carbocycles. The number of nitrogens with zero attached hydrogens (tertiary/aromatic N) is 2. The Kier molecular flexibility index (Phi) is 5.58. The van der Waals surface area contributed by atoms with Crippen LogP contribution in [0.1, 0.15) is 30.3 Å². The molecule has 3 N–H and O–H groups in total. The Labute approximate surface area is 108 Å². The number of pyridine rings is 1. The Balaban J connectivity index is 2.62. The fourth-order valence-electron chi connectivity index (χ4n) is 1.61. The maximum absolute atomic E-state index is 11.7. The van der Waals surface area contributed by atoms with Gasteiger partial charge >= 0.3 is 0 Å². The zero-order chi connectivity index (χ0) is 13.5. The average Bonchev–Trinajstić information content (AvgIpc) is 2.36. The van der Waals surface area contributed by atoms with Gasteiger partial charge in [-0.1, -0.05) is 13.3 Å². The van der Waals surface area contributed by atoms with Crippen LogP contribution in [0.15, 0.2) is 18.3 Å². The summed E-state index contributed by atoms with van der Waals surface area (Å²) in [5.74, 6) is -0.100. The average molecular weight is 250 g/mol. The van der Waals surface area contributed by atoms with Gasteiger partial charge in [-0.2, -0.15) is 0 Å². The Morgan fingerprint density at radius 3 is 2.89 bits per heavy atom. The number of hydrogen-bond acceptors (Lipinski definition) is 4. The van der Waals surface area contributed by atoms with Crippen LogP contribution < -0.4 is 11.1 Å². The normalized spacial score (nSPS) is 12.0. The molecule has 0 aliphatic heterocycles. The fraction of sp³-hybridized carbons (Fsp3) is 0.538. The zero-order valence-corrected chi connectivity index (χ0v) is 11.3. The van der Waals surface area contributed by atoms with E-state index in [-0.39, 0.29) is 11.9 Å². The number of carbonyl (C=O) groups excluding carboxylic acids is 1. The third kappa shape index (κ3) is 4.33. The van der Waals surface area contributed by atoms with E-state index in [4.69, 9.17) is 5.73 Å². The second-order valence-electron chi connectivity index (χ2n) is 4.56. The summed E-state index contributed by atoms with van der Waals surface area (Å²) in [5, 5.41) is 3.23. The van der Waals surface area contributed by atoms with Crippen LogP contribution in [0.5, 0.6) is 0 Å². The van der Waals surface area contributed by atoms with Crippen molar-refractivity contribution < 1.29 is 4.79 Å². The lowest BCUT2D eigenvalue weighted by Crippen LogP contribution is -2.29. The lowest BCUT2D eigenvalue weighted by Gasteiger charge is -2.14. The molecule has 0 aliphatic rings. The molecule has 0 bridgehead atoms. The first-order valence-corrected chi connectivity index (χ1v) is 6.21. The number of anilines is 1. The molecule has 0 aromatic carbocycles. The Morgan fingerprint density at radius 2 is 2.28 bits per heavy atom. The summed E-state index contributed by atoms with van der Waals surface area (Å²) < 4.78 is 0. The smallest absolute Gasteiger partial charge is 0.272 e. The first-order chi connectivity index (χ1) is 8.54. The van der Waals surface area contributed by atoms with Crippen molar-refractivity contribution in [3.63, 3.8) is 0 Å².